The minimum Gasteiger partial charge on any atom is -0.392 e. The number of rotatable bonds is 7. The minimum atomic E-state index is -0.308. The van der Waals surface area contributed by atoms with E-state index in [1.54, 1.807) is 17.4 Å². The summed E-state index contributed by atoms with van der Waals surface area (Å²) < 4.78 is 13.8. The molecule has 0 spiro atoms. The van der Waals surface area contributed by atoms with Crippen molar-refractivity contribution in [2.24, 2.45) is 0 Å². The van der Waals surface area contributed by atoms with Crippen LogP contribution >= 0.6 is 11.3 Å². The molecule has 2 saturated heterocycles. The lowest BCUT2D eigenvalue weighted by atomic mass is 9.98. The number of piperidine rings is 1. The Hall–Kier alpha value is -3.27. The lowest BCUT2D eigenvalue weighted by molar-refractivity contribution is 0.100. The molecule has 2 fully saturated rings. The quantitative estimate of drug-likeness (QED) is 0.286. The van der Waals surface area contributed by atoms with Crippen LogP contribution in [0.5, 0.6) is 0 Å². The van der Waals surface area contributed by atoms with Gasteiger partial charge in [-0.25, -0.2) is 9.37 Å². The number of aryl methyl sites for hydroxylation is 1. The highest BCUT2D eigenvalue weighted by Crippen LogP contribution is 2.34. The third-order valence-electron chi connectivity index (χ3n) is 7.42. The number of aliphatic hydroxyl groups is 1. The Morgan fingerprint density at radius 3 is 2.57 bits per heavy atom. The summed E-state index contributed by atoms with van der Waals surface area (Å²) >= 11 is 1.55. The molecule has 0 aliphatic carbocycles. The zero-order chi connectivity index (χ0) is 25.4. The number of aliphatic hydroxyl groups excluding tert-OH is 1. The molecule has 4 heterocycles. The summed E-state index contributed by atoms with van der Waals surface area (Å²) in [6.07, 6.45) is 3.66. The number of fused-ring (bicyclic) bond motifs is 1. The first kappa shape index (κ1) is 24.1. The Labute approximate surface area is 220 Å². The fraction of sp³-hybridized carbons (Fsp3) is 0.357. The topological polar surface area (TPSA) is 76.6 Å². The standard InChI is InChI=1S/C28H31FN6OS/c1-18-17-37-27-25(18)26(30-21-5-2-4-20(29)15-21)32-28(33-27)31-22-6-7-24(19(14-22)16-36)35-12-8-23(9-13-35)34-10-3-11-34/h2,4-7,14-15,17,23,36H,3,8-13,16H2,1H3,(H2,30,31,32,33). The molecule has 3 N–H and O–H groups in total. The van der Waals surface area contributed by atoms with Crippen LogP contribution in [-0.4, -0.2) is 52.2 Å². The van der Waals surface area contributed by atoms with Gasteiger partial charge in [0.2, 0.25) is 5.95 Å². The number of likely N-dealkylation sites (tertiary alicyclic amines) is 1. The highest BCUT2D eigenvalue weighted by Gasteiger charge is 2.28. The van der Waals surface area contributed by atoms with E-state index in [9.17, 15) is 9.50 Å². The second-order valence-electron chi connectivity index (χ2n) is 9.86. The maximum Gasteiger partial charge on any atom is 0.230 e. The molecule has 192 valence electrons. The van der Waals surface area contributed by atoms with Crippen LogP contribution in [0.15, 0.2) is 47.8 Å². The second-order valence-corrected chi connectivity index (χ2v) is 10.7. The number of aromatic nitrogens is 2. The first-order valence-electron chi connectivity index (χ1n) is 12.9. The van der Waals surface area contributed by atoms with Gasteiger partial charge in [-0.2, -0.15) is 4.98 Å². The molecule has 0 radical (unpaired) electrons. The Balaban J connectivity index is 1.23. The first-order chi connectivity index (χ1) is 18.1. The number of anilines is 5. The van der Waals surface area contributed by atoms with E-state index in [1.165, 1.54) is 44.5 Å². The molecule has 2 aliphatic heterocycles. The highest BCUT2D eigenvalue weighted by atomic mass is 32.1. The Morgan fingerprint density at radius 1 is 1.03 bits per heavy atom. The largest absolute Gasteiger partial charge is 0.392 e. The van der Waals surface area contributed by atoms with Crippen molar-refractivity contribution in [3.8, 4) is 0 Å². The lowest BCUT2D eigenvalue weighted by Crippen LogP contribution is -2.50. The third kappa shape index (κ3) is 4.99. The summed E-state index contributed by atoms with van der Waals surface area (Å²) in [4.78, 5) is 15.3. The van der Waals surface area contributed by atoms with Crippen molar-refractivity contribution in [3.05, 3.63) is 64.8 Å². The summed E-state index contributed by atoms with van der Waals surface area (Å²) in [6.45, 7) is 6.48. The molecule has 2 aliphatic rings. The van der Waals surface area contributed by atoms with Crippen molar-refractivity contribution in [1.29, 1.82) is 0 Å². The Kier molecular flexibility index (Phi) is 6.67. The number of halogens is 1. The molecular formula is C28H31FN6OS. The van der Waals surface area contributed by atoms with Gasteiger partial charge >= 0.3 is 0 Å². The number of thiophene rings is 1. The van der Waals surface area contributed by atoms with E-state index in [0.29, 0.717) is 23.5 Å². The van der Waals surface area contributed by atoms with Crippen molar-refractivity contribution in [1.82, 2.24) is 14.9 Å². The van der Waals surface area contributed by atoms with E-state index in [0.717, 1.165) is 45.8 Å². The summed E-state index contributed by atoms with van der Waals surface area (Å²) in [5, 5.41) is 19.7. The summed E-state index contributed by atoms with van der Waals surface area (Å²) in [6, 6.07) is 13.1. The zero-order valence-corrected chi connectivity index (χ0v) is 21.7. The highest BCUT2D eigenvalue weighted by molar-refractivity contribution is 7.17. The summed E-state index contributed by atoms with van der Waals surface area (Å²) in [7, 11) is 0. The number of hydrogen-bond acceptors (Lipinski definition) is 8. The van der Waals surface area contributed by atoms with Gasteiger partial charge in [0.25, 0.3) is 0 Å². The average molecular weight is 519 g/mol. The molecule has 9 heteroatoms. The summed E-state index contributed by atoms with van der Waals surface area (Å²) in [5.41, 5.74) is 4.48. The maximum atomic E-state index is 13.8. The maximum absolute atomic E-state index is 13.8. The molecule has 2 aromatic carbocycles. The van der Waals surface area contributed by atoms with E-state index >= 15 is 0 Å². The SMILES string of the molecule is Cc1csc2nc(Nc3ccc(N4CCC(N5CCC5)CC4)c(CO)c3)nc(Nc3cccc(F)c3)c12. The summed E-state index contributed by atoms with van der Waals surface area (Å²) in [5.74, 6) is 0.762. The van der Waals surface area contributed by atoms with Gasteiger partial charge in [0.15, 0.2) is 0 Å². The minimum absolute atomic E-state index is 0.0344. The van der Waals surface area contributed by atoms with Crippen LogP contribution in [0, 0.1) is 12.7 Å². The molecule has 2 aromatic heterocycles. The van der Waals surface area contributed by atoms with Crippen LogP contribution in [0.2, 0.25) is 0 Å². The molecule has 0 atom stereocenters. The lowest BCUT2D eigenvalue weighted by Gasteiger charge is -2.43. The van der Waals surface area contributed by atoms with E-state index in [2.05, 4.69) is 26.5 Å². The van der Waals surface area contributed by atoms with Crippen LogP contribution in [0.3, 0.4) is 0 Å². The smallest absolute Gasteiger partial charge is 0.230 e. The zero-order valence-electron chi connectivity index (χ0n) is 20.9. The van der Waals surface area contributed by atoms with E-state index < -0.39 is 0 Å². The van der Waals surface area contributed by atoms with Gasteiger partial charge in [-0.3, -0.25) is 0 Å². The third-order valence-corrected chi connectivity index (χ3v) is 8.41. The second kappa shape index (κ2) is 10.2. The molecule has 0 bridgehead atoms. The average Bonchev–Trinajstić information content (AvgIpc) is 3.24. The van der Waals surface area contributed by atoms with Gasteiger partial charge in [0, 0.05) is 41.8 Å². The number of nitrogens with one attached hydrogen (secondary N) is 2. The van der Waals surface area contributed by atoms with Gasteiger partial charge < -0.3 is 25.5 Å². The molecular weight excluding hydrogens is 487 g/mol. The monoisotopic (exact) mass is 518 g/mol. The van der Waals surface area contributed by atoms with Crippen molar-refractivity contribution in [2.45, 2.75) is 38.8 Å². The van der Waals surface area contributed by atoms with Gasteiger partial charge in [-0.05, 0) is 86.6 Å². The molecule has 6 rings (SSSR count). The predicted molar refractivity (Wildman–Crippen MR) is 149 cm³/mol. The van der Waals surface area contributed by atoms with Gasteiger partial charge in [-0.15, -0.1) is 11.3 Å². The van der Waals surface area contributed by atoms with Crippen molar-refractivity contribution in [3.63, 3.8) is 0 Å². The number of hydrogen-bond donors (Lipinski definition) is 3. The Morgan fingerprint density at radius 2 is 1.84 bits per heavy atom. The van der Waals surface area contributed by atoms with Crippen LogP contribution in [0.4, 0.5) is 33.2 Å². The first-order valence-corrected chi connectivity index (χ1v) is 13.7. The fourth-order valence-electron chi connectivity index (χ4n) is 5.34. The van der Waals surface area contributed by atoms with Crippen LogP contribution in [0.1, 0.15) is 30.4 Å². The van der Waals surface area contributed by atoms with Gasteiger partial charge in [0.1, 0.15) is 16.5 Å². The molecule has 0 amide bonds. The number of nitrogens with zero attached hydrogens (tertiary/aromatic N) is 4. The number of benzene rings is 2. The molecule has 0 unspecified atom stereocenters. The van der Waals surface area contributed by atoms with Gasteiger partial charge in [-0.1, -0.05) is 6.07 Å². The fourth-order valence-corrected chi connectivity index (χ4v) is 6.26. The van der Waals surface area contributed by atoms with E-state index in [4.69, 9.17) is 9.97 Å². The van der Waals surface area contributed by atoms with Crippen LogP contribution < -0.4 is 15.5 Å². The van der Waals surface area contributed by atoms with E-state index in [1.807, 2.05) is 30.5 Å². The molecule has 7 nitrogen and oxygen atoms in total. The van der Waals surface area contributed by atoms with Gasteiger partial charge in [0.05, 0.1) is 12.0 Å². The Bertz CT molecular complexity index is 1410. The molecule has 0 saturated carbocycles. The van der Waals surface area contributed by atoms with Crippen LogP contribution in [0.25, 0.3) is 10.2 Å². The van der Waals surface area contributed by atoms with Crippen molar-refractivity contribution < 1.29 is 9.50 Å². The van der Waals surface area contributed by atoms with E-state index in [-0.39, 0.29) is 12.4 Å². The van der Waals surface area contributed by atoms with Crippen LogP contribution in [-0.2, 0) is 6.61 Å². The predicted octanol–water partition coefficient (Wildman–Crippen LogP) is 5.79. The normalized spacial score (nSPS) is 16.7. The van der Waals surface area contributed by atoms with Crippen molar-refractivity contribution >= 4 is 50.4 Å². The molecule has 37 heavy (non-hydrogen) atoms. The van der Waals surface area contributed by atoms with Crippen molar-refractivity contribution in [2.75, 3.05) is 41.7 Å². The molecule has 4 aromatic rings.